The molecule has 0 radical (unpaired) electrons. The summed E-state index contributed by atoms with van der Waals surface area (Å²) >= 11 is 0. The van der Waals surface area contributed by atoms with E-state index in [2.05, 4.69) is 29.1 Å². The first kappa shape index (κ1) is 21.9. The number of benzene rings is 2. The van der Waals surface area contributed by atoms with Gasteiger partial charge in [0.2, 0.25) is 0 Å². The summed E-state index contributed by atoms with van der Waals surface area (Å²) < 4.78 is 25.8. The Kier molecular flexibility index (Phi) is 6.06. The Hall–Kier alpha value is -2.93. The summed E-state index contributed by atoms with van der Waals surface area (Å²) in [5.41, 5.74) is 4.07. The van der Waals surface area contributed by atoms with Crippen LogP contribution >= 0.6 is 0 Å². The molecule has 1 fully saturated rings. The second kappa shape index (κ2) is 9.14. The lowest BCUT2D eigenvalue weighted by Gasteiger charge is -2.31. The van der Waals surface area contributed by atoms with Crippen LogP contribution in [0.5, 0.6) is 5.75 Å². The number of likely N-dealkylation sites (N-methyl/N-ethyl adjacent to an activating group) is 1. The van der Waals surface area contributed by atoms with Crippen LogP contribution in [0, 0.1) is 12.7 Å². The Balaban J connectivity index is 1.11. The Bertz CT molecular complexity index is 1170. The molecule has 2 aromatic carbocycles. The zero-order valence-electron chi connectivity index (χ0n) is 19.3. The molecule has 0 atom stereocenters. The third-order valence-corrected chi connectivity index (χ3v) is 6.96. The van der Waals surface area contributed by atoms with Crippen molar-refractivity contribution in [1.29, 1.82) is 0 Å². The molecule has 33 heavy (non-hydrogen) atoms. The van der Waals surface area contributed by atoms with Crippen molar-refractivity contribution in [3.8, 4) is 5.75 Å². The Labute approximate surface area is 193 Å². The number of aryl methyl sites for hydroxylation is 1. The third-order valence-electron chi connectivity index (χ3n) is 6.96. The lowest BCUT2D eigenvalue weighted by atomic mass is 9.91. The van der Waals surface area contributed by atoms with Crippen LogP contribution < -0.4 is 4.74 Å². The molecule has 0 spiro atoms. The molecule has 174 valence electrons. The highest BCUT2D eigenvalue weighted by atomic mass is 19.1. The zero-order valence-corrected chi connectivity index (χ0v) is 19.3. The van der Waals surface area contributed by atoms with Gasteiger partial charge in [-0.2, -0.15) is 0 Å². The summed E-state index contributed by atoms with van der Waals surface area (Å²) in [5.74, 6) is 0.373. The predicted molar refractivity (Wildman–Crippen MR) is 124 cm³/mol. The smallest absolute Gasteiger partial charge is 0.254 e. The maximum Gasteiger partial charge on any atom is 0.254 e. The molecule has 0 N–H and O–H groups in total. The largest absolute Gasteiger partial charge is 0.493 e. The van der Waals surface area contributed by atoms with E-state index >= 15 is 0 Å². The van der Waals surface area contributed by atoms with E-state index in [0.29, 0.717) is 42.4 Å². The zero-order chi connectivity index (χ0) is 22.9. The van der Waals surface area contributed by atoms with E-state index in [4.69, 9.17) is 9.26 Å². The molecule has 0 unspecified atom stereocenters. The molecular weight excluding hydrogens is 421 g/mol. The van der Waals surface area contributed by atoms with Gasteiger partial charge in [0.05, 0.1) is 12.3 Å². The number of carbonyl (C=O) groups is 1. The Morgan fingerprint density at radius 1 is 1.18 bits per heavy atom. The fraction of sp³-hybridized carbons (Fsp3) is 0.462. The summed E-state index contributed by atoms with van der Waals surface area (Å²) in [6.07, 6.45) is 3.51. The Morgan fingerprint density at radius 2 is 2.00 bits per heavy atom. The highest BCUT2D eigenvalue weighted by Gasteiger charge is 2.26. The van der Waals surface area contributed by atoms with Crippen LogP contribution in [0.3, 0.4) is 0 Å². The van der Waals surface area contributed by atoms with Crippen LogP contribution in [0.15, 0.2) is 34.9 Å². The van der Waals surface area contributed by atoms with E-state index in [0.717, 1.165) is 55.6 Å². The second-order valence-corrected chi connectivity index (χ2v) is 9.29. The van der Waals surface area contributed by atoms with Crippen LogP contribution in [0.4, 0.5) is 4.39 Å². The van der Waals surface area contributed by atoms with Gasteiger partial charge in [0.25, 0.3) is 5.91 Å². The van der Waals surface area contributed by atoms with Crippen molar-refractivity contribution in [3.05, 3.63) is 58.5 Å². The van der Waals surface area contributed by atoms with Crippen molar-refractivity contribution in [1.82, 2.24) is 15.0 Å². The second-order valence-electron chi connectivity index (χ2n) is 9.29. The van der Waals surface area contributed by atoms with Gasteiger partial charge in [0.15, 0.2) is 5.58 Å². The molecule has 5 rings (SSSR count). The third kappa shape index (κ3) is 4.47. The fourth-order valence-corrected chi connectivity index (χ4v) is 4.99. The summed E-state index contributed by atoms with van der Waals surface area (Å²) in [5, 5.41) is 5.50. The van der Waals surface area contributed by atoms with Crippen LogP contribution in [-0.4, -0.2) is 60.7 Å². The van der Waals surface area contributed by atoms with E-state index in [9.17, 15) is 9.18 Å². The molecule has 0 bridgehead atoms. The van der Waals surface area contributed by atoms with Crippen molar-refractivity contribution >= 4 is 16.9 Å². The summed E-state index contributed by atoms with van der Waals surface area (Å²) in [4.78, 5) is 16.4. The quantitative estimate of drug-likeness (QED) is 0.515. The number of ether oxygens (including phenoxy) is 1. The number of hydrogen-bond donors (Lipinski definition) is 0. The molecule has 1 saturated heterocycles. The number of fused-ring (bicyclic) bond motifs is 2. The topological polar surface area (TPSA) is 58.8 Å². The highest BCUT2D eigenvalue weighted by molar-refractivity contribution is 5.97. The van der Waals surface area contributed by atoms with E-state index in [1.165, 1.54) is 11.6 Å². The summed E-state index contributed by atoms with van der Waals surface area (Å²) in [7, 11) is 1.74. The molecule has 6 nitrogen and oxygen atoms in total. The van der Waals surface area contributed by atoms with E-state index in [1.54, 1.807) is 18.0 Å². The number of rotatable bonds is 6. The van der Waals surface area contributed by atoms with Gasteiger partial charge in [-0.05, 0) is 69.5 Å². The number of amides is 1. The fourth-order valence-electron chi connectivity index (χ4n) is 4.99. The first-order chi connectivity index (χ1) is 16.0. The number of likely N-dealkylation sites (tertiary alicyclic amines) is 1. The molecule has 2 aliphatic rings. The number of aromatic nitrogens is 1. The molecule has 1 amide bonds. The van der Waals surface area contributed by atoms with Gasteiger partial charge in [-0.1, -0.05) is 11.2 Å². The van der Waals surface area contributed by atoms with Crippen LogP contribution in [0.2, 0.25) is 0 Å². The van der Waals surface area contributed by atoms with Gasteiger partial charge in [0.1, 0.15) is 11.6 Å². The highest BCUT2D eigenvalue weighted by Crippen LogP contribution is 2.33. The van der Waals surface area contributed by atoms with Gasteiger partial charge in [-0.3, -0.25) is 4.79 Å². The minimum absolute atomic E-state index is 0.140. The monoisotopic (exact) mass is 451 g/mol. The van der Waals surface area contributed by atoms with Crippen molar-refractivity contribution in [2.75, 3.05) is 39.8 Å². The summed E-state index contributed by atoms with van der Waals surface area (Å²) in [6.45, 7) is 6.06. The van der Waals surface area contributed by atoms with Crippen LogP contribution in [-0.2, 0) is 6.42 Å². The van der Waals surface area contributed by atoms with Crippen LogP contribution in [0.1, 0.15) is 52.4 Å². The van der Waals surface area contributed by atoms with E-state index < -0.39 is 0 Å². The molecule has 7 heteroatoms. The lowest BCUT2D eigenvalue weighted by molar-refractivity contribution is 0.0778. The number of hydrogen-bond acceptors (Lipinski definition) is 5. The standard InChI is InChI=1S/C26H30FN3O3/c1-17-4-5-21-24(14-17)33-28-25(21)18-6-11-30(12-7-18)9-3-13-32-19-15-22-20(23(27)16-19)8-10-29(2)26(22)31/h4-5,14-16,18H,3,6-13H2,1-2H3. The number of halogens is 1. The molecule has 3 heterocycles. The van der Waals surface area contributed by atoms with Gasteiger partial charge in [0, 0.05) is 48.6 Å². The van der Waals surface area contributed by atoms with Crippen molar-refractivity contribution < 1.29 is 18.4 Å². The molecule has 0 saturated carbocycles. The average molecular weight is 452 g/mol. The maximum atomic E-state index is 14.4. The SMILES string of the molecule is Cc1ccc2c(C3CCN(CCCOc4cc(F)c5c(c4)C(=O)N(C)CC5)CC3)noc2c1. The van der Waals surface area contributed by atoms with Gasteiger partial charge in [-0.25, -0.2) is 4.39 Å². The molecule has 3 aromatic rings. The number of carbonyl (C=O) groups excluding carboxylic acids is 1. The van der Waals surface area contributed by atoms with Gasteiger partial charge < -0.3 is 19.1 Å². The summed E-state index contributed by atoms with van der Waals surface area (Å²) in [6, 6.07) is 9.37. The van der Waals surface area contributed by atoms with E-state index in [1.807, 2.05) is 6.07 Å². The van der Waals surface area contributed by atoms with Crippen molar-refractivity contribution in [2.45, 2.75) is 38.5 Å². The van der Waals surface area contributed by atoms with Crippen molar-refractivity contribution in [3.63, 3.8) is 0 Å². The average Bonchev–Trinajstić information content (AvgIpc) is 3.23. The molecule has 2 aliphatic heterocycles. The van der Waals surface area contributed by atoms with Crippen molar-refractivity contribution in [2.24, 2.45) is 0 Å². The van der Waals surface area contributed by atoms with E-state index in [-0.39, 0.29) is 11.7 Å². The lowest BCUT2D eigenvalue weighted by Crippen LogP contribution is -2.35. The maximum absolute atomic E-state index is 14.4. The molecule has 1 aromatic heterocycles. The normalized spacial score (nSPS) is 17.5. The minimum atomic E-state index is -0.346. The first-order valence-corrected chi connectivity index (χ1v) is 11.8. The number of piperidine rings is 1. The molecule has 0 aliphatic carbocycles. The van der Waals surface area contributed by atoms with Gasteiger partial charge >= 0.3 is 0 Å². The minimum Gasteiger partial charge on any atom is -0.493 e. The van der Waals surface area contributed by atoms with Crippen LogP contribution in [0.25, 0.3) is 11.0 Å². The first-order valence-electron chi connectivity index (χ1n) is 11.8. The van der Waals surface area contributed by atoms with Gasteiger partial charge in [-0.15, -0.1) is 0 Å². The number of nitrogens with zero attached hydrogens (tertiary/aromatic N) is 3. The molecular formula is C26H30FN3O3. The Morgan fingerprint density at radius 3 is 2.82 bits per heavy atom. The predicted octanol–water partition coefficient (Wildman–Crippen LogP) is 4.55.